The van der Waals surface area contributed by atoms with E-state index in [1.807, 2.05) is 6.92 Å². The van der Waals surface area contributed by atoms with Crippen LogP contribution in [0.15, 0.2) is 0 Å². The summed E-state index contributed by atoms with van der Waals surface area (Å²) < 4.78 is 0. The second-order valence-electron chi connectivity index (χ2n) is 4.26. The number of carbonyl (C=O) groups excluding carboxylic acids is 2. The Morgan fingerprint density at radius 3 is 2.60 bits per heavy atom. The van der Waals surface area contributed by atoms with E-state index in [4.69, 9.17) is 0 Å². The van der Waals surface area contributed by atoms with Crippen molar-refractivity contribution in [3.63, 3.8) is 0 Å². The summed E-state index contributed by atoms with van der Waals surface area (Å²) in [5, 5.41) is 8.87. The van der Waals surface area contributed by atoms with Gasteiger partial charge in [-0.15, -0.1) is 0 Å². The van der Waals surface area contributed by atoms with Crippen LogP contribution in [-0.4, -0.2) is 36.5 Å². The van der Waals surface area contributed by atoms with E-state index in [9.17, 15) is 9.59 Å². The van der Waals surface area contributed by atoms with Crippen molar-refractivity contribution >= 4 is 11.8 Å². The number of hydrogen-bond acceptors (Lipinski definition) is 3. The van der Waals surface area contributed by atoms with E-state index >= 15 is 0 Å². The van der Waals surface area contributed by atoms with Crippen LogP contribution in [0.2, 0.25) is 0 Å². The zero-order chi connectivity index (χ0) is 10.9. The van der Waals surface area contributed by atoms with Crippen molar-refractivity contribution in [2.45, 2.75) is 37.8 Å². The molecule has 2 aliphatic heterocycles. The fourth-order valence-electron chi connectivity index (χ4n) is 2.23. The van der Waals surface area contributed by atoms with Crippen LogP contribution < -0.4 is 16.0 Å². The molecule has 84 valence electrons. The maximum Gasteiger partial charge on any atom is 0.246 e. The topological polar surface area (TPSA) is 70.2 Å². The van der Waals surface area contributed by atoms with Gasteiger partial charge in [0.25, 0.3) is 0 Å². The van der Waals surface area contributed by atoms with Gasteiger partial charge in [-0.05, 0) is 32.4 Å². The smallest absolute Gasteiger partial charge is 0.246 e. The lowest BCUT2D eigenvalue weighted by atomic mass is 9.84. The Labute approximate surface area is 89.0 Å². The maximum absolute atomic E-state index is 11.9. The molecule has 2 aliphatic rings. The van der Waals surface area contributed by atoms with Crippen molar-refractivity contribution in [3.05, 3.63) is 0 Å². The minimum absolute atomic E-state index is 0.0181. The zero-order valence-electron chi connectivity index (χ0n) is 8.93. The molecule has 3 N–H and O–H groups in total. The number of hydrogen-bond donors (Lipinski definition) is 3. The van der Waals surface area contributed by atoms with Crippen LogP contribution in [-0.2, 0) is 9.59 Å². The first-order valence-electron chi connectivity index (χ1n) is 5.52. The number of piperazine rings is 1. The molecule has 0 aromatic carbocycles. The Kier molecular flexibility index (Phi) is 2.65. The Morgan fingerprint density at radius 1 is 1.33 bits per heavy atom. The number of amides is 2. The standard InChI is InChI=1S/C10H17N3O2/c1-2-7-8(14)13-10(9(15)12-7)3-5-11-6-4-10/h7,11H,2-6H2,1H3,(H,12,15)(H,13,14)/t7-/m1/s1. The lowest BCUT2D eigenvalue weighted by molar-refractivity contribution is -0.142. The average Bonchev–Trinajstić information content (AvgIpc) is 2.25. The molecule has 0 aromatic heterocycles. The zero-order valence-corrected chi connectivity index (χ0v) is 8.93. The second kappa shape index (κ2) is 3.81. The molecule has 0 radical (unpaired) electrons. The van der Waals surface area contributed by atoms with E-state index in [1.165, 1.54) is 0 Å². The predicted molar refractivity (Wildman–Crippen MR) is 55.2 cm³/mol. The highest BCUT2D eigenvalue weighted by atomic mass is 16.2. The molecule has 5 heteroatoms. The van der Waals surface area contributed by atoms with E-state index < -0.39 is 5.54 Å². The lowest BCUT2D eigenvalue weighted by Gasteiger charge is -2.42. The van der Waals surface area contributed by atoms with Gasteiger partial charge in [0.15, 0.2) is 0 Å². The highest BCUT2D eigenvalue weighted by Gasteiger charge is 2.46. The van der Waals surface area contributed by atoms with Gasteiger partial charge >= 0.3 is 0 Å². The number of carbonyl (C=O) groups is 2. The summed E-state index contributed by atoms with van der Waals surface area (Å²) in [6.45, 7) is 3.46. The van der Waals surface area contributed by atoms with Gasteiger partial charge in [0.2, 0.25) is 11.8 Å². The summed E-state index contributed by atoms with van der Waals surface area (Å²) in [6, 6.07) is -0.349. The minimum Gasteiger partial charge on any atom is -0.342 e. The van der Waals surface area contributed by atoms with Crippen molar-refractivity contribution in [3.8, 4) is 0 Å². The van der Waals surface area contributed by atoms with E-state index in [0.717, 1.165) is 13.1 Å². The van der Waals surface area contributed by atoms with Gasteiger partial charge in [-0.1, -0.05) is 6.92 Å². The van der Waals surface area contributed by atoms with Crippen molar-refractivity contribution in [2.24, 2.45) is 0 Å². The quantitative estimate of drug-likeness (QED) is 0.528. The molecule has 0 aromatic rings. The second-order valence-corrected chi connectivity index (χ2v) is 4.26. The summed E-state index contributed by atoms with van der Waals surface area (Å²) in [6.07, 6.45) is 2.01. The van der Waals surface area contributed by atoms with Gasteiger partial charge in [0, 0.05) is 0 Å². The summed E-state index contributed by atoms with van der Waals surface area (Å²) >= 11 is 0. The molecule has 1 spiro atoms. The average molecular weight is 211 g/mol. The third kappa shape index (κ3) is 1.71. The monoisotopic (exact) mass is 211 g/mol. The van der Waals surface area contributed by atoms with Gasteiger partial charge in [-0.3, -0.25) is 9.59 Å². The maximum atomic E-state index is 11.9. The normalized spacial score (nSPS) is 29.8. The molecular weight excluding hydrogens is 194 g/mol. The molecule has 2 fully saturated rings. The first kappa shape index (κ1) is 10.4. The summed E-state index contributed by atoms with van der Waals surface area (Å²) in [5.41, 5.74) is -0.645. The highest BCUT2D eigenvalue weighted by Crippen LogP contribution is 2.22. The van der Waals surface area contributed by atoms with Gasteiger partial charge in [0.05, 0.1) is 0 Å². The number of rotatable bonds is 1. The number of nitrogens with one attached hydrogen (secondary N) is 3. The van der Waals surface area contributed by atoms with Gasteiger partial charge < -0.3 is 16.0 Å². The van der Waals surface area contributed by atoms with Crippen molar-refractivity contribution in [2.75, 3.05) is 13.1 Å². The predicted octanol–water partition coefficient (Wildman–Crippen LogP) is -0.867. The Bertz CT molecular complexity index is 284. The molecular formula is C10H17N3O2. The largest absolute Gasteiger partial charge is 0.342 e. The summed E-state index contributed by atoms with van der Waals surface area (Å²) in [5.74, 6) is -0.0607. The first-order chi connectivity index (χ1) is 7.18. The minimum atomic E-state index is -0.645. The molecule has 2 rings (SSSR count). The molecule has 15 heavy (non-hydrogen) atoms. The fraction of sp³-hybridized carbons (Fsp3) is 0.800. The third-order valence-corrected chi connectivity index (χ3v) is 3.28. The SMILES string of the molecule is CC[C@H]1NC(=O)C2(CCNCC2)NC1=O. The molecule has 2 heterocycles. The van der Waals surface area contributed by atoms with Crippen LogP contribution in [0.3, 0.4) is 0 Å². The summed E-state index contributed by atoms with van der Waals surface area (Å²) in [4.78, 5) is 23.6. The molecule has 5 nitrogen and oxygen atoms in total. The molecule has 0 aliphatic carbocycles. The van der Waals surface area contributed by atoms with E-state index in [1.54, 1.807) is 0 Å². The third-order valence-electron chi connectivity index (χ3n) is 3.28. The van der Waals surface area contributed by atoms with Crippen molar-refractivity contribution in [1.82, 2.24) is 16.0 Å². The van der Waals surface area contributed by atoms with Crippen molar-refractivity contribution < 1.29 is 9.59 Å². The van der Waals surface area contributed by atoms with Gasteiger partial charge in [0.1, 0.15) is 11.6 Å². The van der Waals surface area contributed by atoms with E-state index in [2.05, 4.69) is 16.0 Å². The van der Waals surface area contributed by atoms with Crippen molar-refractivity contribution in [1.29, 1.82) is 0 Å². The Morgan fingerprint density at radius 2 is 2.00 bits per heavy atom. The molecule has 1 atom stereocenters. The van der Waals surface area contributed by atoms with Crippen LogP contribution in [0, 0.1) is 0 Å². The molecule has 2 amide bonds. The van der Waals surface area contributed by atoms with Crippen LogP contribution in [0.1, 0.15) is 26.2 Å². The fourth-order valence-corrected chi connectivity index (χ4v) is 2.23. The van der Waals surface area contributed by atoms with Gasteiger partial charge in [-0.2, -0.15) is 0 Å². The van der Waals surface area contributed by atoms with Crippen LogP contribution in [0.4, 0.5) is 0 Å². The van der Waals surface area contributed by atoms with Crippen LogP contribution in [0.5, 0.6) is 0 Å². The summed E-state index contributed by atoms with van der Waals surface area (Å²) in [7, 11) is 0. The highest BCUT2D eigenvalue weighted by molar-refractivity contribution is 5.99. The number of piperidine rings is 1. The first-order valence-corrected chi connectivity index (χ1v) is 5.52. The van der Waals surface area contributed by atoms with Gasteiger partial charge in [-0.25, -0.2) is 0 Å². The van der Waals surface area contributed by atoms with E-state index in [-0.39, 0.29) is 17.9 Å². The lowest BCUT2D eigenvalue weighted by Crippen LogP contribution is -2.71. The molecule has 0 unspecified atom stereocenters. The van der Waals surface area contributed by atoms with Crippen LogP contribution >= 0.6 is 0 Å². The Hall–Kier alpha value is -1.10. The molecule has 0 bridgehead atoms. The molecule has 0 saturated carbocycles. The molecule has 2 saturated heterocycles. The Balaban J connectivity index is 2.14. The van der Waals surface area contributed by atoms with Crippen LogP contribution in [0.25, 0.3) is 0 Å². The van der Waals surface area contributed by atoms with E-state index in [0.29, 0.717) is 19.3 Å².